The number of aryl methyl sites for hydroxylation is 3. The van der Waals surface area contributed by atoms with Crippen LogP contribution in [0.1, 0.15) is 22.3 Å². The summed E-state index contributed by atoms with van der Waals surface area (Å²) in [6.45, 7) is 5.78. The molecule has 0 aromatic heterocycles. The van der Waals surface area contributed by atoms with Crippen LogP contribution in [0.2, 0.25) is 0 Å². The lowest BCUT2D eigenvalue weighted by Gasteiger charge is -2.13. The van der Waals surface area contributed by atoms with Gasteiger partial charge in [0.05, 0.1) is 5.69 Å². The van der Waals surface area contributed by atoms with E-state index in [-0.39, 0.29) is 11.4 Å². The van der Waals surface area contributed by atoms with E-state index in [4.69, 9.17) is 5.73 Å². The number of hydrogen-bond acceptors (Lipinski definition) is 3. The number of nitrogens with two attached hydrogens (primary N) is 1. The Labute approximate surface area is 126 Å². The number of sulfonamides is 1. The molecule has 0 atom stereocenters. The molecule has 2 rings (SSSR count). The normalized spacial score (nSPS) is 11.6. The van der Waals surface area contributed by atoms with E-state index in [9.17, 15) is 8.42 Å². The van der Waals surface area contributed by atoms with Crippen molar-refractivity contribution in [2.75, 3.05) is 5.73 Å². The maximum absolute atomic E-state index is 12.5. The number of nitrogen functional groups attached to an aromatic ring is 1. The molecule has 3 N–H and O–H groups in total. The van der Waals surface area contributed by atoms with Crippen LogP contribution in [0.5, 0.6) is 0 Å². The predicted molar refractivity (Wildman–Crippen MR) is 85.5 cm³/mol. The lowest BCUT2D eigenvalue weighted by atomic mass is 10.1. The summed E-state index contributed by atoms with van der Waals surface area (Å²) in [4.78, 5) is 0.176. The van der Waals surface area contributed by atoms with E-state index in [1.165, 1.54) is 0 Å². The van der Waals surface area contributed by atoms with Crippen LogP contribution in [-0.2, 0) is 16.6 Å². The molecular formula is C16H20N2O2S. The van der Waals surface area contributed by atoms with Crippen LogP contribution < -0.4 is 10.5 Å². The first kappa shape index (κ1) is 15.5. The second kappa shape index (κ2) is 5.87. The van der Waals surface area contributed by atoms with Crippen LogP contribution >= 0.6 is 0 Å². The van der Waals surface area contributed by atoms with E-state index in [1.54, 1.807) is 19.9 Å². The highest BCUT2D eigenvalue weighted by Crippen LogP contribution is 2.25. The minimum Gasteiger partial charge on any atom is -0.397 e. The maximum Gasteiger partial charge on any atom is 0.243 e. The van der Waals surface area contributed by atoms with Crippen LogP contribution in [0.15, 0.2) is 41.3 Å². The fourth-order valence-corrected chi connectivity index (χ4v) is 3.56. The third-order valence-electron chi connectivity index (χ3n) is 3.47. The van der Waals surface area contributed by atoms with Gasteiger partial charge >= 0.3 is 0 Å². The summed E-state index contributed by atoms with van der Waals surface area (Å²) in [7, 11) is -3.63. The van der Waals surface area contributed by atoms with Crippen molar-refractivity contribution >= 4 is 15.7 Å². The van der Waals surface area contributed by atoms with E-state index in [0.29, 0.717) is 11.3 Å². The van der Waals surface area contributed by atoms with Gasteiger partial charge in [0, 0.05) is 6.54 Å². The molecule has 0 amide bonds. The Balaban J connectivity index is 2.27. The minimum absolute atomic E-state index is 0.176. The first-order chi connectivity index (χ1) is 9.81. The molecule has 0 heterocycles. The van der Waals surface area contributed by atoms with Crippen molar-refractivity contribution < 1.29 is 8.42 Å². The number of rotatable bonds is 4. The third kappa shape index (κ3) is 3.43. The molecule has 0 aliphatic carbocycles. The van der Waals surface area contributed by atoms with Crippen LogP contribution in [-0.4, -0.2) is 8.42 Å². The smallest absolute Gasteiger partial charge is 0.243 e. The first-order valence-electron chi connectivity index (χ1n) is 6.72. The van der Waals surface area contributed by atoms with Gasteiger partial charge in [-0.1, -0.05) is 42.0 Å². The Hall–Kier alpha value is -1.85. The molecule has 0 spiro atoms. The Morgan fingerprint density at radius 2 is 1.52 bits per heavy atom. The summed E-state index contributed by atoms with van der Waals surface area (Å²) in [6, 6.07) is 11.3. The van der Waals surface area contributed by atoms with E-state index in [0.717, 1.165) is 16.7 Å². The zero-order valence-corrected chi connectivity index (χ0v) is 13.3. The highest BCUT2D eigenvalue weighted by Gasteiger charge is 2.20. The molecule has 0 aliphatic heterocycles. The van der Waals surface area contributed by atoms with Gasteiger partial charge in [-0.3, -0.25) is 0 Å². The van der Waals surface area contributed by atoms with Crippen molar-refractivity contribution in [1.82, 2.24) is 4.72 Å². The second-order valence-corrected chi connectivity index (χ2v) is 6.96. The monoisotopic (exact) mass is 304 g/mol. The van der Waals surface area contributed by atoms with Gasteiger partial charge in [0.25, 0.3) is 0 Å². The second-order valence-electron chi connectivity index (χ2n) is 5.25. The van der Waals surface area contributed by atoms with Gasteiger partial charge in [0.15, 0.2) is 0 Å². The van der Waals surface area contributed by atoms with Crippen molar-refractivity contribution in [1.29, 1.82) is 0 Å². The maximum atomic E-state index is 12.5. The van der Waals surface area contributed by atoms with Crippen LogP contribution in [0.25, 0.3) is 0 Å². The lowest BCUT2D eigenvalue weighted by Crippen LogP contribution is -2.25. The van der Waals surface area contributed by atoms with Crippen molar-refractivity contribution in [3.8, 4) is 0 Å². The lowest BCUT2D eigenvalue weighted by molar-refractivity contribution is 0.581. The zero-order chi connectivity index (χ0) is 15.6. The molecule has 4 nitrogen and oxygen atoms in total. The van der Waals surface area contributed by atoms with Gasteiger partial charge in [-0.05, 0) is 37.5 Å². The fourth-order valence-electron chi connectivity index (χ4n) is 2.12. The van der Waals surface area contributed by atoms with E-state index >= 15 is 0 Å². The van der Waals surface area contributed by atoms with Crippen LogP contribution in [0.3, 0.4) is 0 Å². The number of benzene rings is 2. The number of nitrogens with one attached hydrogen (secondary N) is 1. The molecule has 21 heavy (non-hydrogen) atoms. The van der Waals surface area contributed by atoms with Crippen molar-refractivity contribution in [2.45, 2.75) is 32.2 Å². The standard InChI is InChI=1S/C16H20N2O2S/c1-11-4-8-14(9-5-11)10-18-21(19,20)16-13(3)7-6-12(2)15(16)17/h4-9,18H,10,17H2,1-3H3. The Morgan fingerprint density at radius 3 is 2.14 bits per heavy atom. The molecule has 112 valence electrons. The van der Waals surface area contributed by atoms with Crippen molar-refractivity contribution in [3.63, 3.8) is 0 Å². The molecule has 0 unspecified atom stereocenters. The molecule has 2 aromatic carbocycles. The number of hydrogen-bond donors (Lipinski definition) is 2. The summed E-state index contributed by atoms with van der Waals surface area (Å²) < 4.78 is 27.6. The summed E-state index contributed by atoms with van der Waals surface area (Å²) in [5.41, 5.74) is 9.71. The van der Waals surface area contributed by atoms with Crippen molar-refractivity contribution in [3.05, 3.63) is 58.7 Å². The van der Waals surface area contributed by atoms with Gasteiger partial charge in [0.1, 0.15) is 4.90 Å². The van der Waals surface area contributed by atoms with E-state index < -0.39 is 10.0 Å². The largest absolute Gasteiger partial charge is 0.397 e. The van der Waals surface area contributed by atoms with Crippen molar-refractivity contribution in [2.24, 2.45) is 0 Å². The number of anilines is 1. The Kier molecular flexibility index (Phi) is 4.34. The van der Waals surface area contributed by atoms with Crippen LogP contribution in [0.4, 0.5) is 5.69 Å². The average Bonchev–Trinajstić information content (AvgIpc) is 2.43. The SMILES string of the molecule is Cc1ccc(CNS(=O)(=O)c2c(C)ccc(C)c2N)cc1. The van der Waals surface area contributed by atoms with Gasteiger partial charge in [-0.2, -0.15) is 0 Å². The summed E-state index contributed by atoms with van der Waals surface area (Å²) >= 11 is 0. The van der Waals surface area contributed by atoms with Gasteiger partial charge in [0.2, 0.25) is 10.0 Å². The summed E-state index contributed by atoms with van der Waals surface area (Å²) in [5, 5.41) is 0. The van der Waals surface area contributed by atoms with Crippen LogP contribution in [0, 0.1) is 20.8 Å². The summed E-state index contributed by atoms with van der Waals surface area (Å²) in [5.74, 6) is 0. The molecular weight excluding hydrogens is 284 g/mol. The molecule has 5 heteroatoms. The van der Waals surface area contributed by atoms with Gasteiger partial charge in [-0.25, -0.2) is 13.1 Å². The Bertz CT molecular complexity index is 751. The predicted octanol–water partition coefficient (Wildman–Crippen LogP) is 2.67. The summed E-state index contributed by atoms with van der Waals surface area (Å²) in [6.07, 6.45) is 0. The van der Waals surface area contributed by atoms with E-state index in [2.05, 4.69) is 4.72 Å². The highest BCUT2D eigenvalue weighted by molar-refractivity contribution is 7.89. The topological polar surface area (TPSA) is 72.2 Å². The molecule has 0 radical (unpaired) electrons. The molecule has 0 aliphatic rings. The fraction of sp³-hybridized carbons (Fsp3) is 0.250. The first-order valence-corrected chi connectivity index (χ1v) is 8.20. The molecule has 2 aromatic rings. The molecule has 0 fully saturated rings. The minimum atomic E-state index is -3.63. The quantitative estimate of drug-likeness (QED) is 0.853. The van der Waals surface area contributed by atoms with Gasteiger partial charge in [-0.15, -0.1) is 0 Å². The van der Waals surface area contributed by atoms with Gasteiger partial charge < -0.3 is 5.73 Å². The Morgan fingerprint density at radius 1 is 0.952 bits per heavy atom. The molecule has 0 bridgehead atoms. The van der Waals surface area contributed by atoms with E-state index in [1.807, 2.05) is 37.3 Å². The zero-order valence-electron chi connectivity index (χ0n) is 12.5. The average molecular weight is 304 g/mol. The highest BCUT2D eigenvalue weighted by atomic mass is 32.2. The third-order valence-corrected chi connectivity index (χ3v) is 5.07. The molecule has 0 saturated carbocycles. The molecule has 0 saturated heterocycles.